The molecule has 0 N–H and O–H groups in total. The first-order valence-electron chi connectivity index (χ1n) is 6.15. The fourth-order valence-corrected chi connectivity index (χ4v) is 1.96. The largest absolute Gasteiger partial charge is 0.496 e. The van der Waals surface area contributed by atoms with Crippen molar-refractivity contribution in [2.75, 3.05) is 14.2 Å². The van der Waals surface area contributed by atoms with Crippen LogP contribution < -0.4 is 4.74 Å². The molecule has 0 saturated carbocycles. The van der Waals surface area contributed by atoms with Crippen molar-refractivity contribution >= 4 is 5.91 Å². The molecule has 2 rings (SSSR count). The molecule has 2 aromatic rings. The minimum absolute atomic E-state index is 0.0405. The lowest BCUT2D eigenvalue weighted by atomic mass is 10.1. The van der Waals surface area contributed by atoms with Crippen LogP contribution >= 0.6 is 0 Å². The van der Waals surface area contributed by atoms with Crippen LogP contribution in [0.15, 0.2) is 54.6 Å². The maximum Gasteiger partial charge on any atom is 0.257 e. The molecule has 3 heteroatoms. The molecule has 1 amide bonds. The first kappa shape index (κ1) is 13.1. The van der Waals surface area contributed by atoms with E-state index in [9.17, 15) is 4.79 Å². The highest BCUT2D eigenvalue weighted by Gasteiger charge is 2.15. The summed E-state index contributed by atoms with van der Waals surface area (Å²) in [4.78, 5) is 14.1. The fraction of sp³-hybridized carbons (Fsp3) is 0.188. The smallest absolute Gasteiger partial charge is 0.257 e. The molecule has 0 bridgehead atoms. The van der Waals surface area contributed by atoms with Crippen LogP contribution in [-0.4, -0.2) is 25.0 Å². The van der Waals surface area contributed by atoms with Gasteiger partial charge in [-0.3, -0.25) is 4.79 Å². The fourth-order valence-electron chi connectivity index (χ4n) is 1.96. The SMILES string of the molecule is COc1ccccc1C(=O)N(C)Cc1ccccc1. The molecule has 3 nitrogen and oxygen atoms in total. The molecule has 0 unspecified atom stereocenters. The number of hydrogen-bond acceptors (Lipinski definition) is 2. The molecule has 0 heterocycles. The van der Waals surface area contributed by atoms with E-state index in [0.717, 1.165) is 5.56 Å². The summed E-state index contributed by atoms with van der Waals surface area (Å²) in [6, 6.07) is 17.2. The molecule has 2 aromatic carbocycles. The Kier molecular flexibility index (Phi) is 4.18. The Labute approximate surface area is 113 Å². The summed E-state index contributed by atoms with van der Waals surface area (Å²) in [6.45, 7) is 0.581. The van der Waals surface area contributed by atoms with Crippen molar-refractivity contribution in [1.82, 2.24) is 4.90 Å². The topological polar surface area (TPSA) is 29.5 Å². The first-order valence-corrected chi connectivity index (χ1v) is 6.15. The van der Waals surface area contributed by atoms with Crippen molar-refractivity contribution < 1.29 is 9.53 Å². The van der Waals surface area contributed by atoms with E-state index >= 15 is 0 Å². The van der Waals surface area contributed by atoms with E-state index in [1.165, 1.54) is 0 Å². The summed E-state index contributed by atoms with van der Waals surface area (Å²) in [5, 5.41) is 0. The van der Waals surface area contributed by atoms with Crippen LogP contribution in [0, 0.1) is 0 Å². The van der Waals surface area contributed by atoms with Crippen LogP contribution in [0.3, 0.4) is 0 Å². The average Bonchev–Trinajstić information content (AvgIpc) is 2.47. The second-order valence-electron chi connectivity index (χ2n) is 4.35. The number of methoxy groups -OCH3 is 1. The summed E-state index contributed by atoms with van der Waals surface area (Å²) in [7, 11) is 3.37. The molecule has 0 fully saturated rings. The van der Waals surface area contributed by atoms with Crippen LogP contribution in [0.4, 0.5) is 0 Å². The lowest BCUT2D eigenvalue weighted by Gasteiger charge is -2.18. The number of carbonyl (C=O) groups is 1. The number of para-hydroxylation sites is 1. The van der Waals surface area contributed by atoms with Crippen molar-refractivity contribution in [3.63, 3.8) is 0 Å². The molecular formula is C16H17NO2. The summed E-state index contributed by atoms with van der Waals surface area (Å²) in [5.41, 5.74) is 1.69. The van der Waals surface area contributed by atoms with Gasteiger partial charge in [-0.25, -0.2) is 0 Å². The van der Waals surface area contributed by atoms with E-state index in [1.54, 1.807) is 31.2 Å². The molecule has 0 saturated heterocycles. The Morgan fingerprint density at radius 2 is 1.68 bits per heavy atom. The van der Waals surface area contributed by atoms with Crippen LogP contribution in [0.5, 0.6) is 5.75 Å². The van der Waals surface area contributed by atoms with Gasteiger partial charge in [-0.1, -0.05) is 42.5 Å². The minimum Gasteiger partial charge on any atom is -0.496 e. The van der Waals surface area contributed by atoms with Crippen molar-refractivity contribution in [2.45, 2.75) is 6.54 Å². The third kappa shape index (κ3) is 3.13. The van der Waals surface area contributed by atoms with Gasteiger partial charge in [0.15, 0.2) is 0 Å². The summed E-state index contributed by atoms with van der Waals surface area (Å²) >= 11 is 0. The Morgan fingerprint density at radius 3 is 2.37 bits per heavy atom. The Bertz CT molecular complexity index is 552. The number of hydrogen-bond donors (Lipinski definition) is 0. The number of rotatable bonds is 4. The van der Waals surface area contributed by atoms with Gasteiger partial charge in [0.2, 0.25) is 0 Å². The maximum absolute atomic E-state index is 12.4. The number of amides is 1. The molecule has 0 spiro atoms. The molecule has 0 aromatic heterocycles. The second-order valence-corrected chi connectivity index (χ2v) is 4.35. The van der Waals surface area contributed by atoms with E-state index in [-0.39, 0.29) is 5.91 Å². The van der Waals surface area contributed by atoms with Gasteiger partial charge in [0.25, 0.3) is 5.91 Å². The Hall–Kier alpha value is -2.29. The van der Waals surface area contributed by atoms with E-state index in [1.807, 2.05) is 42.5 Å². The zero-order valence-electron chi connectivity index (χ0n) is 11.2. The highest BCUT2D eigenvalue weighted by molar-refractivity contribution is 5.96. The van der Waals surface area contributed by atoms with Gasteiger partial charge in [-0.15, -0.1) is 0 Å². The van der Waals surface area contributed by atoms with E-state index < -0.39 is 0 Å². The number of carbonyl (C=O) groups excluding carboxylic acids is 1. The summed E-state index contributed by atoms with van der Waals surface area (Å²) in [5.74, 6) is 0.564. The Balaban J connectivity index is 2.15. The van der Waals surface area contributed by atoms with E-state index in [4.69, 9.17) is 4.74 Å². The monoisotopic (exact) mass is 255 g/mol. The predicted molar refractivity (Wildman–Crippen MR) is 75.2 cm³/mol. The van der Waals surface area contributed by atoms with Gasteiger partial charge in [0.1, 0.15) is 5.75 Å². The minimum atomic E-state index is -0.0405. The molecule has 0 aliphatic heterocycles. The highest BCUT2D eigenvalue weighted by Crippen LogP contribution is 2.19. The Morgan fingerprint density at radius 1 is 1.05 bits per heavy atom. The van der Waals surface area contributed by atoms with Gasteiger partial charge in [-0.05, 0) is 17.7 Å². The standard InChI is InChI=1S/C16H17NO2/c1-17(12-13-8-4-3-5-9-13)16(18)14-10-6-7-11-15(14)19-2/h3-11H,12H2,1-2H3. The zero-order chi connectivity index (χ0) is 13.7. The van der Waals surface area contributed by atoms with Crippen molar-refractivity contribution in [2.24, 2.45) is 0 Å². The lowest BCUT2D eigenvalue weighted by Crippen LogP contribution is -2.26. The molecule has 0 aliphatic rings. The van der Waals surface area contributed by atoms with E-state index in [2.05, 4.69) is 0 Å². The molecule has 98 valence electrons. The van der Waals surface area contributed by atoms with Crippen LogP contribution in [0.25, 0.3) is 0 Å². The van der Waals surface area contributed by atoms with E-state index in [0.29, 0.717) is 17.9 Å². The quantitative estimate of drug-likeness (QED) is 0.840. The third-order valence-electron chi connectivity index (χ3n) is 2.95. The van der Waals surface area contributed by atoms with Gasteiger partial charge < -0.3 is 9.64 Å². The lowest BCUT2D eigenvalue weighted by molar-refractivity contribution is 0.0781. The average molecular weight is 255 g/mol. The van der Waals surface area contributed by atoms with Crippen LogP contribution in [-0.2, 0) is 6.54 Å². The molecule has 0 radical (unpaired) electrons. The summed E-state index contributed by atoms with van der Waals surface area (Å²) < 4.78 is 5.22. The van der Waals surface area contributed by atoms with Crippen molar-refractivity contribution in [3.8, 4) is 5.75 Å². The molecular weight excluding hydrogens is 238 g/mol. The first-order chi connectivity index (χ1) is 9.22. The zero-order valence-corrected chi connectivity index (χ0v) is 11.2. The number of nitrogens with zero attached hydrogens (tertiary/aromatic N) is 1. The number of ether oxygens (including phenoxy) is 1. The van der Waals surface area contributed by atoms with Gasteiger partial charge in [0, 0.05) is 13.6 Å². The highest BCUT2D eigenvalue weighted by atomic mass is 16.5. The van der Waals surface area contributed by atoms with Crippen LogP contribution in [0.2, 0.25) is 0 Å². The van der Waals surface area contributed by atoms with Gasteiger partial charge >= 0.3 is 0 Å². The second kappa shape index (κ2) is 6.05. The molecule has 0 aliphatic carbocycles. The van der Waals surface area contributed by atoms with Crippen molar-refractivity contribution in [3.05, 3.63) is 65.7 Å². The third-order valence-corrected chi connectivity index (χ3v) is 2.95. The molecule has 0 atom stereocenters. The predicted octanol–water partition coefficient (Wildman–Crippen LogP) is 2.97. The van der Waals surface area contributed by atoms with Gasteiger partial charge in [0.05, 0.1) is 12.7 Å². The summed E-state index contributed by atoms with van der Waals surface area (Å²) in [6.07, 6.45) is 0. The molecule has 19 heavy (non-hydrogen) atoms. The maximum atomic E-state index is 12.4. The van der Waals surface area contributed by atoms with Gasteiger partial charge in [-0.2, -0.15) is 0 Å². The number of benzene rings is 2. The van der Waals surface area contributed by atoms with Crippen molar-refractivity contribution in [1.29, 1.82) is 0 Å². The van der Waals surface area contributed by atoms with Crippen LogP contribution in [0.1, 0.15) is 15.9 Å². The normalized spacial score (nSPS) is 10.0.